The Labute approximate surface area is 164 Å². The van der Waals surface area contributed by atoms with Crippen molar-refractivity contribution in [2.45, 2.75) is 13.5 Å². The van der Waals surface area contributed by atoms with E-state index < -0.39 is 17.9 Å². The van der Waals surface area contributed by atoms with Crippen molar-refractivity contribution in [1.29, 1.82) is 0 Å². The molecule has 150 valence electrons. The molecule has 7 nitrogen and oxygen atoms in total. The highest BCUT2D eigenvalue weighted by Gasteiger charge is 2.17. The third-order valence-corrected chi connectivity index (χ3v) is 3.96. The van der Waals surface area contributed by atoms with Gasteiger partial charge in [0.2, 0.25) is 5.43 Å². The number of aromatic nitrogens is 2. The Hall–Kier alpha value is -3.75. The number of carbonyl (C=O) groups is 1. The van der Waals surface area contributed by atoms with Gasteiger partial charge in [0, 0.05) is 23.5 Å². The van der Waals surface area contributed by atoms with Crippen molar-refractivity contribution < 1.29 is 23.0 Å². The molecule has 0 aliphatic rings. The van der Waals surface area contributed by atoms with Crippen molar-refractivity contribution >= 4 is 11.6 Å². The second kappa shape index (κ2) is 8.51. The molecule has 1 N–H and O–H groups in total. The zero-order valence-electron chi connectivity index (χ0n) is 15.6. The number of aryl methyl sites for hydroxylation is 1. The van der Waals surface area contributed by atoms with Crippen LogP contribution in [0.4, 0.5) is 14.5 Å². The van der Waals surface area contributed by atoms with E-state index in [1.165, 1.54) is 36.1 Å². The molecule has 0 aliphatic heterocycles. The minimum atomic E-state index is -3.06. The van der Waals surface area contributed by atoms with E-state index in [4.69, 9.17) is 4.74 Å². The monoisotopic (exact) mass is 401 g/mol. The van der Waals surface area contributed by atoms with Crippen LogP contribution in [-0.4, -0.2) is 29.4 Å². The lowest BCUT2D eigenvalue weighted by atomic mass is 10.2. The van der Waals surface area contributed by atoms with Crippen LogP contribution >= 0.6 is 0 Å². The highest BCUT2D eigenvalue weighted by Crippen LogP contribution is 2.31. The SMILES string of the molecule is COc1ccc(NC(=O)c2nn(-c3ccccc3)c(C)cc2=O)cc1OC(F)F. The van der Waals surface area contributed by atoms with E-state index in [-0.39, 0.29) is 22.9 Å². The van der Waals surface area contributed by atoms with E-state index in [0.29, 0.717) is 11.4 Å². The summed E-state index contributed by atoms with van der Waals surface area (Å²) in [5.41, 5.74) is 0.460. The molecular formula is C20H17F2N3O4. The molecule has 0 aliphatic carbocycles. The minimum absolute atomic E-state index is 0.0724. The molecule has 0 atom stereocenters. The average Bonchev–Trinajstić information content (AvgIpc) is 2.68. The van der Waals surface area contributed by atoms with Gasteiger partial charge in [0.25, 0.3) is 5.91 Å². The predicted octanol–water partition coefficient (Wildman–Crippen LogP) is 3.40. The van der Waals surface area contributed by atoms with Crippen molar-refractivity contribution in [2.24, 2.45) is 0 Å². The Kier molecular flexibility index (Phi) is 5.87. The highest BCUT2D eigenvalue weighted by molar-refractivity contribution is 6.02. The van der Waals surface area contributed by atoms with Crippen molar-refractivity contribution in [1.82, 2.24) is 9.78 Å². The maximum Gasteiger partial charge on any atom is 0.387 e. The molecule has 0 saturated heterocycles. The highest BCUT2D eigenvalue weighted by atomic mass is 19.3. The number of para-hydroxylation sites is 1. The van der Waals surface area contributed by atoms with Crippen LogP contribution in [0.25, 0.3) is 5.69 Å². The van der Waals surface area contributed by atoms with Gasteiger partial charge in [-0.15, -0.1) is 0 Å². The van der Waals surface area contributed by atoms with Crippen LogP contribution in [0.15, 0.2) is 59.4 Å². The fourth-order valence-corrected chi connectivity index (χ4v) is 2.67. The molecule has 0 radical (unpaired) electrons. The smallest absolute Gasteiger partial charge is 0.387 e. The van der Waals surface area contributed by atoms with Gasteiger partial charge in [-0.3, -0.25) is 9.59 Å². The van der Waals surface area contributed by atoms with Gasteiger partial charge in [-0.05, 0) is 31.2 Å². The largest absolute Gasteiger partial charge is 0.493 e. The molecule has 2 aromatic carbocycles. The van der Waals surface area contributed by atoms with Gasteiger partial charge in [-0.2, -0.15) is 13.9 Å². The lowest BCUT2D eigenvalue weighted by Gasteiger charge is -2.13. The predicted molar refractivity (Wildman–Crippen MR) is 102 cm³/mol. The van der Waals surface area contributed by atoms with Gasteiger partial charge < -0.3 is 14.8 Å². The summed E-state index contributed by atoms with van der Waals surface area (Å²) in [6.07, 6.45) is 0. The zero-order chi connectivity index (χ0) is 21.0. The Balaban J connectivity index is 1.92. The quantitative estimate of drug-likeness (QED) is 0.685. The normalized spacial score (nSPS) is 10.7. The first-order valence-corrected chi connectivity index (χ1v) is 8.49. The maximum atomic E-state index is 12.6. The first kappa shape index (κ1) is 20.0. The van der Waals surface area contributed by atoms with Gasteiger partial charge in [-0.1, -0.05) is 18.2 Å². The number of methoxy groups -OCH3 is 1. The fourth-order valence-electron chi connectivity index (χ4n) is 2.67. The molecule has 9 heteroatoms. The molecule has 1 heterocycles. The molecule has 0 unspecified atom stereocenters. The minimum Gasteiger partial charge on any atom is -0.493 e. The second-order valence-electron chi connectivity index (χ2n) is 5.94. The van der Waals surface area contributed by atoms with Crippen LogP contribution in [0.2, 0.25) is 0 Å². The molecule has 0 fully saturated rings. The van der Waals surface area contributed by atoms with Crippen LogP contribution in [0.3, 0.4) is 0 Å². The Morgan fingerprint density at radius 2 is 1.83 bits per heavy atom. The number of hydrogen-bond donors (Lipinski definition) is 1. The van der Waals surface area contributed by atoms with Crippen molar-refractivity contribution in [2.75, 3.05) is 12.4 Å². The molecule has 3 rings (SSSR count). The first-order valence-electron chi connectivity index (χ1n) is 8.49. The van der Waals surface area contributed by atoms with Gasteiger partial charge in [0.1, 0.15) is 0 Å². The number of benzene rings is 2. The maximum absolute atomic E-state index is 12.6. The summed E-state index contributed by atoms with van der Waals surface area (Å²) in [5.74, 6) is -0.963. The number of nitrogens with one attached hydrogen (secondary N) is 1. The lowest BCUT2D eigenvalue weighted by molar-refractivity contribution is -0.0511. The first-order chi connectivity index (χ1) is 13.9. The molecule has 1 amide bonds. The number of amides is 1. The molecule has 0 saturated carbocycles. The second-order valence-corrected chi connectivity index (χ2v) is 5.94. The van der Waals surface area contributed by atoms with E-state index in [9.17, 15) is 18.4 Å². The van der Waals surface area contributed by atoms with E-state index >= 15 is 0 Å². The van der Waals surface area contributed by atoms with E-state index in [1.54, 1.807) is 31.2 Å². The summed E-state index contributed by atoms with van der Waals surface area (Å²) < 4.78 is 36.0. The fraction of sp³-hybridized carbons (Fsp3) is 0.150. The van der Waals surface area contributed by atoms with E-state index in [1.807, 2.05) is 6.07 Å². The van der Waals surface area contributed by atoms with Crippen LogP contribution in [0.5, 0.6) is 11.5 Å². The van der Waals surface area contributed by atoms with E-state index in [2.05, 4.69) is 15.2 Å². The third-order valence-electron chi connectivity index (χ3n) is 3.96. The lowest BCUT2D eigenvalue weighted by Crippen LogP contribution is -2.26. The number of alkyl halides is 2. The molecule has 1 aromatic heterocycles. The number of nitrogens with zero attached hydrogens (tertiary/aromatic N) is 2. The van der Waals surface area contributed by atoms with Crippen molar-refractivity contribution in [3.8, 4) is 17.2 Å². The topological polar surface area (TPSA) is 82.5 Å². The van der Waals surface area contributed by atoms with Crippen LogP contribution in [0, 0.1) is 6.92 Å². The molecular weight excluding hydrogens is 384 g/mol. The molecule has 3 aromatic rings. The van der Waals surface area contributed by atoms with E-state index in [0.717, 1.165) is 0 Å². The number of rotatable bonds is 6. The van der Waals surface area contributed by atoms with Crippen LogP contribution in [0.1, 0.15) is 16.2 Å². The Morgan fingerprint density at radius 3 is 2.48 bits per heavy atom. The van der Waals surface area contributed by atoms with Crippen molar-refractivity contribution in [3.05, 3.63) is 76.2 Å². The summed E-state index contributed by atoms with van der Waals surface area (Å²) in [7, 11) is 1.30. The van der Waals surface area contributed by atoms with Crippen LogP contribution in [-0.2, 0) is 0 Å². The van der Waals surface area contributed by atoms with Gasteiger partial charge in [-0.25, -0.2) is 4.68 Å². The standard InChI is InChI=1S/C20H17F2N3O4/c1-12-10-15(26)18(24-25(12)14-6-4-3-5-7-14)19(27)23-13-8-9-16(28-2)17(11-13)29-20(21)22/h3-11,20H,1-2H3,(H,23,27). The summed E-state index contributed by atoms with van der Waals surface area (Å²) in [6.45, 7) is -1.37. The Morgan fingerprint density at radius 1 is 1.10 bits per heavy atom. The number of carbonyl (C=O) groups excluding carboxylic acids is 1. The average molecular weight is 401 g/mol. The number of anilines is 1. The number of halogens is 2. The van der Waals surface area contributed by atoms with Gasteiger partial charge in [0.15, 0.2) is 17.2 Å². The van der Waals surface area contributed by atoms with Gasteiger partial charge in [0.05, 0.1) is 12.8 Å². The summed E-state index contributed by atoms with van der Waals surface area (Å²) in [6, 6.07) is 14.3. The summed E-state index contributed by atoms with van der Waals surface area (Å²) in [4.78, 5) is 24.9. The molecule has 0 spiro atoms. The van der Waals surface area contributed by atoms with Crippen molar-refractivity contribution in [3.63, 3.8) is 0 Å². The van der Waals surface area contributed by atoms with Gasteiger partial charge >= 0.3 is 6.61 Å². The zero-order valence-corrected chi connectivity index (χ0v) is 15.6. The summed E-state index contributed by atoms with van der Waals surface area (Å²) >= 11 is 0. The number of ether oxygens (including phenoxy) is 2. The Bertz CT molecular complexity index is 1080. The van der Waals surface area contributed by atoms with Crippen LogP contribution < -0.4 is 20.2 Å². The molecule has 0 bridgehead atoms. The molecule has 29 heavy (non-hydrogen) atoms. The third kappa shape index (κ3) is 4.57. The number of hydrogen-bond acceptors (Lipinski definition) is 5. The summed E-state index contributed by atoms with van der Waals surface area (Å²) in [5, 5.41) is 6.63.